The number of methoxy groups -OCH3 is 1. The summed E-state index contributed by atoms with van der Waals surface area (Å²) in [5.41, 5.74) is 3.70. The first-order chi connectivity index (χ1) is 16.9. The number of allylic oxidation sites excluding steroid dienone is 1. The van der Waals surface area contributed by atoms with Crippen molar-refractivity contribution < 1.29 is 19.2 Å². The number of aryl methyl sites for hydroxylation is 1. The van der Waals surface area contributed by atoms with E-state index in [1.807, 2.05) is 42.0 Å². The molecule has 0 amide bonds. The molecule has 1 heterocycles. The van der Waals surface area contributed by atoms with Crippen LogP contribution >= 0.6 is 0 Å². The van der Waals surface area contributed by atoms with E-state index in [0.717, 1.165) is 16.8 Å². The van der Waals surface area contributed by atoms with Crippen LogP contribution in [0.3, 0.4) is 0 Å². The average molecular weight is 469 g/mol. The molecule has 0 aliphatic heterocycles. The van der Waals surface area contributed by atoms with E-state index in [-0.39, 0.29) is 23.8 Å². The highest BCUT2D eigenvalue weighted by Gasteiger charge is 2.16. The van der Waals surface area contributed by atoms with Gasteiger partial charge in [-0.1, -0.05) is 18.2 Å². The number of ether oxygens (including phenoxy) is 2. The molecule has 0 aliphatic rings. The Labute approximate surface area is 202 Å². The molecule has 0 radical (unpaired) electrons. The van der Waals surface area contributed by atoms with Crippen LogP contribution in [0, 0.1) is 17.0 Å². The molecule has 0 N–H and O–H groups in total. The van der Waals surface area contributed by atoms with Gasteiger partial charge in [-0.2, -0.15) is 0 Å². The highest BCUT2D eigenvalue weighted by atomic mass is 16.6. The molecule has 35 heavy (non-hydrogen) atoms. The van der Waals surface area contributed by atoms with Crippen molar-refractivity contribution in [3.8, 4) is 17.2 Å². The second kappa shape index (κ2) is 10.5. The SMILES string of the molecule is COc1ccc(/C=C/C(=O)c2ccc(-n3ccnc3)cc2)cc1COc1cc(C)ccc1[N+](=O)[O-]. The van der Waals surface area contributed by atoms with E-state index in [1.54, 1.807) is 56.0 Å². The van der Waals surface area contributed by atoms with Gasteiger partial charge in [-0.25, -0.2) is 4.98 Å². The fraction of sp³-hybridized carbons (Fsp3) is 0.111. The number of nitro groups is 1. The maximum absolute atomic E-state index is 12.6. The minimum Gasteiger partial charge on any atom is -0.496 e. The van der Waals surface area contributed by atoms with Gasteiger partial charge >= 0.3 is 5.69 Å². The van der Waals surface area contributed by atoms with Crippen LogP contribution in [0.1, 0.15) is 27.0 Å². The van der Waals surface area contributed by atoms with Crippen molar-refractivity contribution in [3.63, 3.8) is 0 Å². The van der Waals surface area contributed by atoms with E-state index in [2.05, 4.69) is 4.98 Å². The largest absolute Gasteiger partial charge is 0.496 e. The van der Waals surface area contributed by atoms with E-state index < -0.39 is 4.92 Å². The second-order valence-corrected chi connectivity index (χ2v) is 7.80. The minimum absolute atomic E-state index is 0.0683. The van der Waals surface area contributed by atoms with Crippen molar-refractivity contribution in [1.29, 1.82) is 0 Å². The van der Waals surface area contributed by atoms with Crippen LogP contribution in [0.2, 0.25) is 0 Å². The number of nitro benzene ring substituents is 1. The number of benzene rings is 3. The zero-order valence-electron chi connectivity index (χ0n) is 19.3. The summed E-state index contributed by atoms with van der Waals surface area (Å²) < 4.78 is 13.1. The van der Waals surface area contributed by atoms with Crippen molar-refractivity contribution in [2.75, 3.05) is 7.11 Å². The van der Waals surface area contributed by atoms with Gasteiger partial charge in [0.05, 0.1) is 18.4 Å². The molecular formula is C27H23N3O5. The number of hydrogen-bond donors (Lipinski definition) is 0. The molecular weight excluding hydrogens is 446 g/mol. The summed E-state index contributed by atoms with van der Waals surface area (Å²) in [5, 5.41) is 11.3. The number of aromatic nitrogens is 2. The van der Waals surface area contributed by atoms with Crippen LogP contribution in [0.4, 0.5) is 5.69 Å². The molecule has 0 saturated heterocycles. The number of hydrogen-bond acceptors (Lipinski definition) is 6. The van der Waals surface area contributed by atoms with Gasteiger partial charge in [0.1, 0.15) is 12.4 Å². The molecule has 0 fully saturated rings. The predicted molar refractivity (Wildman–Crippen MR) is 132 cm³/mol. The molecule has 8 nitrogen and oxygen atoms in total. The van der Waals surface area contributed by atoms with Crippen LogP contribution in [-0.2, 0) is 6.61 Å². The van der Waals surface area contributed by atoms with Gasteiger partial charge in [0.15, 0.2) is 11.5 Å². The highest BCUT2D eigenvalue weighted by molar-refractivity contribution is 6.06. The lowest BCUT2D eigenvalue weighted by Crippen LogP contribution is -2.02. The Balaban J connectivity index is 1.49. The fourth-order valence-electron chi connectivity index (χ4n) is 3.54. The smallest absolute Gasteiger partial charge is 0.310 e. The quantitative estimate of drug-likeness (QED) is 0.138. The van der Waals surface area contributed by atoms with E-state index in [9.17, 15) is 14.9 Å². The lowest BCUT2D eigenvalue weighted by molar-refractivity contribution is -0.386. The molecule has 1 aromatic heterocycles. The molecule has 0 spiro atoms. The number of imidazole rings is 1. The van der Waals surface area contributed by atoms with Gasteiger partial charge in [-0.05, 0) is 66.6 Å². The van der Waals surface area contributed by atoms with Gasteiger partial charge in [-0.15, -0.1) is 0 Å². The van der Waals surface area contributed by atoms with Crippen molar-refractivity contribution in [2.24, 2.45) is 0 Å². The molecule has 0 aliphatic carbocycles. The van der Waals surface area contributed by atoms with Crippen LogP contribution in [0.5, 0.6) is 11.5 Å². The van der Waals surface area contributed by atoms with Crippen LogP contribution < -0.4 is 9.47 Å². The number of carbonyl (C=O) groups excluding carboxylic acids is 1. The molecule has 4 aromatic rings. The lowest BCUT2D eigenvalue weighted by atomic mass is 10.1. The maximum Gasteiger partial charge on any atom is 0.310 e. The third-order valence-electron chi connectivity index (χ3n) is 5.38. The Bertz CT molecular complexity index is 1380. The third kappa shape index (κ3) is 5.62. The van der Waals surface area contributed by atoms with Crippen LogP contribution in [0.15, 0.2) is 85.5 Å². The van der Waals surface area contributed by atoms with Crippen LogP contribution in [-0.4, -0.2) is 27.4 Å². The average Bonchev–Trinajstić information content (AvgIpc) is 3.41. The Hall–Kier alpha value is -4.72. The van der Waals surface area contributed by atoms with Crippen LogP contribution in [0.25, 0.3) is 11.8 Å². The summed E-state index contributed by atoms with van der Waals surface area (Å²) in [6, 6.07) is 17.4. The summed E-state index contributed by atoms with van der Waals surface area (Å²) in [5.74, 6) is 0.636. The zero-order chi connectivity index (χ0) is 24.8. The van der Waals surface area contributed by atoms with Gasteiger partial charge in [0.25, 0.3) is 0 Å². The van der Waals surface area contributed by atoms with Gasteiger partial charge in [0, 0.05) is 35.3 Å². The second-order valence-electron chi connectivity index (χ2n) is 7.80. The molecule has 8 heteroatoms. The highest BCUT2D eigenvalue weighted by Crippen LogP contribution is 2.30. The van der Waals surface area contributed by atoms with Crippen molar-refractivity contribution in [1.82, 2.24) is 9.55 Å². The third-order valence-corrected chi connectivity index (χ3v) is 5.38. The summed E-state index contributed by atoms with van der Waals surface area (Å²) in [6.45, 7) is 1.91. The molecule has 0 atom stereocenters. The Morgan fingerprint density at radius 2 is 1.89 bits per heavy atom. The standard InChI is InChI=1S/C27H23N3O5/c1-19-3-10-24(30(32)33)27(15-19)35-17-22-16-20(5-12-26(22)34-2)4-11-25(31)21-6-8-23(9-7-21)29-14-13-28-18-29/h3-16,18H,17H2,1-2H3/b11-4+. The summed E-state index contributed by atoms with van der Waals surface area (Å²) in [6.07, 6.45) is 8.43. The predicted octanol–water partition coefficient (Wildman–Crippen LogP) is 5.57. The first-order valence-corrected chi connectivity index (χ1v) is 10.8. The Kier molecular flexibility index (Phi) is 7.02. The Morgan fingerprint density at radius 1 is 1.09 bits per heavy atom. The number of carbonyl (C=O) groups is 1. The number of rotatable bonds is 9. The van der Waals surface area contributed by atoms with Crippen molar-refractivity contribution in [3.05, 3.63) is 118 Å². The zero-order valence-corrected chi connectivity index (χ0v) is 19.3. The van der Waals surface area contributed by atoms with Gasteiger partial charge in [-0.3, -0.25) is 14.9 Å². The fourth-order valence-corrected chi connectivity index (χ4v) is 3.54. The first kappa shape index (κ1) is 23.4. The normalized spacial score (nSPS) is 10.9. The molecule has 4 rings (SSSR count). The summed E-state index contributed by atoms with van der Waals surface area (Å²) >= 11 is 0. The maximum atomic E-state index is 12.6. The lowest BCUT2D eigenvalue weighted by Gasteiger charge is -2.12. The van der Waals surface area contributed by atoms with Crippen molar-refractivity contribution in [2.45, 2.75) is 13.5 Å². The van der Waals surface area contributed by atoms with E-state index in [1.165, 1.54) is 12.1 Å². The molecule has 176 valence electrons. The minimum atomic E-state index is -0.473. The first-order valence-electron chi connectivity index (χ1n) is 10.8. The monoisotopic (exact) mass is 469 g/mol. The number of nitrogens with zero attached hydrogens (tertiary/aromatic N) is 3. The van der Waals surface area contributed by atoms with E-state index in [4.69, 9.17) is 9.47 Å². The topological polar surface area (TPSA) is 96.5 Å². The molecule has 0 unspecified atom stereocenters. The Morgan fingerprint density at radius 3 is 2.57 bits per heavy atom. The van der Waals surface area contributed by atoms with E-state index in [0.29, 0.717) is 16.9 Å². The summed E-state index contributed by atoms with van der Waals surface area (Å²) in [4.78, 5) is 27.5. The van der Waals surface area contributed by atoms with E-state index >= 15 is 0 Å². The number of ketones is 1. The van der Waals surface area contributed by atoms with Gasteiger partial charge in [0.2, 0.25) is 0 Å². The summed E-state index contributed by atoms with van der Waals surface area (Å²) in [7, 11) is 1.54. The molecule has 3 aromatic carbocycles. The van der Waals surface area contributed by atoms with Crippen molar-refractivity contribution >= 4 is 17.5 Å². The molecule has 0 saturated carbocycles. The molecule has 0 bridgehead atoms. The van der Waals surface area contributed by atoms with Gasteiger partial charge < -0.3 is 14.0 Å².